The summed E-state index contributed by atoms with van der Waals surface area (Å²) >= 11 is 6.46. The largest absolute Gasteiger partial charge is 0.389 e. The van der Waals surface area contributed by atoms with Crippen molar-refractivity contribution in [3.63, 3.8) is 0 Å². The van der Waals surface area contributed by atoms with Crippen molar-refractivity contribution in [2.24, 2.45) is 10.7 Å². The highest BCUT2D eigenvalue weighted by atomic mass is 32.2. The SMILES string of the molecule is C/C=C\C.CC1=CC(C)=N/C(=C(\Sc2ccc(F)cc2)C(N)=S)N1. The third kappa shape index (κ3) is 6.68. The summed E-state index contributed by atoms with van der Waals surface area (Å²) in [5.41, 5.74) is 7.64. The molecule has 0 fully saturated rings. The van der Waals surface area contributed by atoms with E-state index in [1.165, 1.54) is 23.9 Å². The number of nitrogens with zero attached hydrogens (tertiary/aromatic N) is 1. The van der Waals surface area contributed by atoms with Gasteiger partial charge in [0.25, 0.3) is 0 Å². The fourth-order valence-electron chi connectivity index (χ4n) is 1.72. The molecule has 1 aromatic rings. The maximum absolute atomic E-state index is 12.9. The third-order valence-corrected chi connectivity index (χ3v) is 4.29. The number of nitrogens with one attached hydrogen (secondary N) is 1. The van der Waals surface area contributed by atoms with Gasteiger partial charge < -0.3 is 11.1 Å². The molecule has 0 saturated heterocycles. The summed E-state index contributed by atoms with van der Waals surface area (Å²) < 4.78 is 12.9. The quantitative estimate of drug-likeness (QED) is 0.346. The van der Waals surface area contributed by atoms with Crippen molar-refractivity contribution in [1.82, 2.24) is 5.32 Å². The van der Waals surface area contributed by atoms with Crippen molar-refractivity contribution >= 4 is 34.7 Å². The molecule has 0 aromatic heterocycles. The van der Waals surface area contributed by atoms with Gasteiger partial charge in [0.05, 0.1) is 4.91 Å². The molecule has 6 heteroatoms. The van der Waals surface area contributed by atoms with Gasteiger partial charge in [-0.1, -0.05) is 36.1 Å². The van der Waals surface area contributed by atoms with Crippen molar-refractivity contribution in [1.29, 1.82) is 0 Å². The van der Waals surface area contributed by atoms with Crippen LogP contribution < -0.4 is 11.1 Å². The zero-order valence-electron chi connectivity index (χ0n) is 14.3. The Morgan fingerprint density at radius 3 is 2.25 bits per heavy atom. The molecule has 0 atom stereocenters. The molecular formula is C18H22FN3S2. The Bertz CT molecular complexity index is 697. The summed E-state index contributed by atoms with van der Waals surface area (Å²) in [4.78, 5) is 6.19. The average Bonchev–Trinajstić information content (AvgIpc) is 2.53. The number of hydrogen-bond donors (Lipinski definition) is 2. The van der Waals surface area contributed by atoms with Gasteiger partial charge in [-0.25, -0.2) is 9.38 Å². The van der Waals surface area contributed by atoms with Crippen LogP contribution in [0.15, 0.2) is 68.8 Å². The second-order valence-electron chi connectivity index (χ2n) is 4.97. The average molecular weight is 364 g/mol. The first-order valence-corrected chi connectivity index (χ1v) is 8.65. The Hall–Kier alpha value is -1.92. The number of benzene rings is 1. The molecule has 0 radical (unpaired) electrons. The van der Waals surface area contributed by atoms with E-state index in [0.717, 1.165) is 16.3 Å². The molecule has 1 aliphatic rings. The van der Waals surface area contributed by atoms with Crippen LogP contribution in [0.25, 0.3) is 0 Å². The lowest BCUT2D eigenvalue weighted by atomic mass is 10.3. The summed E-state index contributed by atoms with van der Waals surface area (Å²) in [6, 6.07) is 6.16. The van der Waals surface area contributed by atoms with Gasteiger partial charge in [0.15, 0.2) is 0 Å². The van der Waals surface area contributed by atoms with Gasteiger partial charge in [0, 0.05) is 16.3 Å². The number of allylic oxidation sites excluding steroid dienone is 4. The van der Waals surface area contributed by atoms with E-state index < -0.39 is 0 Å². The van der Waals surface area contributed by atoms with Crippen molar-refractivity contribution in [2.45, 2.75) is 32.6 Å². The topological polar surface area (TPSA) is 50.4 Å². The summed E-state index contributed by atoms with van der Waals surface area (Å²) in [5, 5.41) is 3.15. The summed E-state index contributed by atoms with van der Waals surface area (Å²) in [5.74, 6) is 0.353. The van der Waals surface area contributed by atoms with Crippen LogP contribution in [0.4, 0.5) is 4.39 Å². The molecule has 1 aliphatic heterocycles. The summed E-state index contributed by atoms with van der Waals surface area (Å²) in [6.07, 6.45) is 5.93. The van der Waals surface area contributed by atoms with E-state index in [4.69, 9.17) is 18.0 Å². The molecule has 128 valence electrons. The Morgan fingerprint density at radius 2 is 1.79 bits per heavy atom. The fourth-order valence-corrected chi connectivity index (χ4v) is 2.74. The second-order valence-corrected chi connectivity index (χ2v) is 6.49. The molecule has 3 nitrogen and oxygen atoms in total. The predicted molar refractivity (Wildman–Crippen MR) is 107 cm³/mol. The van der Waals surface area contributed by atoms with Crippen LogP contribution in [0.1, 0.15) is 27.7 Å². The highest BCUT2D eigenvalue weighted by molar-refractivity contribution is 8.05. The van der Waals surface area contributed by atoms with Crippen LogP contribution in [0.3, 0.4) is 0 Å². The molecule has 0 bridgehead atoms. The smallest absolute Gasteiger partial charge is 0.147 e. The standard InChI is InChI=1S/C14H14FN3S2.C4H8/c1-8-7-9(2)18-14(17-8)12(13(16)19)20-11-5-3-10(15)4-6-11;1-3-4-2/h3-7,17H,1-2H3,(H2,16,19);3-4H,1-2H3/b14-12-;4-3-. The van der Waals surface area contributed by atoms with Gasteiger partial charge in [-0.2, -0.15) is 0 Å². The normalized spacial score (nSPS) is 15.7. The molecule has 0 saturated carbocycles. The molecule has 0 unspecified atom stereocenters. The first kappa shape index (κ1) is 20.1. The number of thioether (sulfide) groups is 1. The molecule has 3 N–H and O–H groups in total. The van der Waals surface area contributed by atoms with E-state index in [9.17, 15) is 4.39 Å². The second kappa shape index (κ2) is 10.1. The number of aliphatic imine (C=N–C) groups is 1. The molecule has 0 amide bonds. The van der Waals surface area contributed by atoms with E-state index in [1.807, 2.05) is 45.9 Å². The van der Waals surface area contributed by atoms with Crippen LogP contribution in [-0.4, -0.2) is 10.7 Å². The van der Waals surface area contributed by atoms with Crippen LogP contribution in [-0.2, 0) is 0 Å². The summed E-state index contributed by atoms with van der Waals surface area (Å²) in [7, 11) is 0. The predicted octanol–water partition coefficient (Wildman–Crippen LogP) is 4.92. The lowest BCUT2D eigenvalue weighted by molar-refractivity contribution is 0.626. The first-order chi connectivity index (χ1) is 11.4. The minimum absolute atomic E-state index is 0.257. The molecule has 24 heavy (non-hydrogen) atoms. The van der Waals surface area contributed by atoms with E-state index in [1.54, 1.807) is 12.1 Å². The van der Waals surface area contributed by atoms with Crippen molar-refractivity contribution in [3.8, 4) is 0 Å². The van der Waals surface area contributed by atoms with Crippen LogP contribution in [0, 0.1) is 5.82 Å². The van der Waals surface area contributed by atoms with Gasteiger partial charge in [-0.15, -0.1) is 0 Å². The molecular weight excluding hydrogens is 341 g/mol. The van der Waals surface area contributed by atoms with Crippen molar-refractivity contribution in [3.05, 3.63) is 64.7 Å². The number of rotatable bonds is 3. The zero-order valence-corrected chi connectivity index (χ0v) is 15.9. The van der Waals surface area contributed by atoms with Crippen molar-refractivity contribution in [2.75, 3.05) is 0 Å². The number of nitrogens with two attached hydrogens (primary N) is 1. The molecule has 1 aromatic carbocycles. The number of hydrogen-bond acceptors (Lipinski definition) is 4. The van der Waals surface area contributed by atoms with E-state index in [2.05, 4.69) is 10.3 Å². The maximum atomic E-state index is 12.9. The van der Waals surface area contributed by atoms with E-state index in [-0.39, 0.29) is 10.8 Å². The molecule has 1 heterocycles. The maximum Gasteiger partial charge on any atom is 0.147 e. The van der Waals surface area contributed by atoms with Gasteiger partial charge >= 0.3 is 0 Å². The Labute approximate surface area is 152 Å². The lowest BCUT2D eigenvalue weighted by Gasteiger charge is -2.17. The molecule has 0 aliphatic carbocycles. The van der Waals surface area contributed by atoms with E-state index >= 15 is 0 Å². The van der Waals surface area contributed by atoms with Crippen LogP contribution in [0.5, 0.6) is 0 Å². The Balaban J connectivity index is 0.000000648. The van der Waals surface area contributed by atoms with Crippen LogP contribution >= 0.6 is 24.0 Å². The first-order valence-electron chi connectivity index (χ1n) is 7.42. The molecule has 0 spiro atoms. The van der Waals surface area contributed by atoms with Gasteiger partial charge in [0.2, 0.25) is 0 Å². The highest BCUT2D eigenvalue weighted by Gasteiger charge is 2.14. The Kier molecular flexibility index (Phi) is 8.43. The molecule has 2 rings (SSSR count). The van der Waals surface area contributed by atoms with Gasteiger partial charge in [-0.3, -0.25) is 0 Å². The third-order valence-electron chi connectivity index (χ3n) is 2.83. The van der Waals surface area contributed by atoms with Crippen molar-refractivity contribution < 1.29 is 4.39 Å². The van der Waals surface area contributed by atoms with Gasteiger partial charge in [-0.05, 0) is 58.0 Å². The lowest BCUT2D eigenvalue weighted by Crippen LogP contribution is -2.21. The van der Waals surface area contributed by atoms with Gasteiger partial charge in [0.1, 0.15) is 16.6 Å². The zero-order chi connectivity index (χ0) is 18.1. The number of halogens is 1. The fraction of sp³-hybridized carbons (Fsp3) is 0.222. The summed E-state index contributed by atoms with van der Waals surface area (Å²) in [6.45, 7) is 7.85. The minimum atomic E-state index is -0.276. The minimum Gasteiger partial charge on any atom is -0.389 e. The Morgan fingerprint density at radius 1 is 1.21 bits per heavy atom. The van der Waals surface area contributed by atoms with E-state index in [0.29, 0.717) is 10.7 Å². The monoisotopic (exact) mass is 363 g/mol. The number of thiocarbonyl (C=S) groups is 1. The van der Waals surface area contributed by atoms with Crippen LogP contribution in [0.2, 0.25) is 0 Å². The highest BCUT2D eigenvalue weighted by Crippen LogP contribution is 2.30.